The van der Waals surface area contributed by atoms with Crippen molar-refractivity contribution >= 4 is 11.6 Å². The number of aromatic nitrogens is 6. The zero-order valence-corrected chi connectivity index (χ0v) is 9.48. The second-order valence-electron chi connectivity index (χ2n) is 3.71. The van der Waals surface area contributed by atoms with E-state index in [4.69, 9.17) is 5.73 Å². The van der Waals surface area contributed by atoms with Crippen molar-refractivity contribution in [1.82, 2.24) is 29.4 Å². The van der Waals surface area contributed by atoms with Gasteiger partial charge in [0.05, 0.1) is 6.20 Å². The van der Waals surface area contributed by atoms with Crippen LogP contribution in [-0.4, -0.2) is 35.3 Å². The summed E-state index contributed by atoms with van der Waals surface area (Å²) >= 11 is 0. The number of rotatable bonds is 2. The fraction of sp³-hybridized carbons (Fsp3) is 0.100. The van der Waals surface area contributed by atoms with Crippen LogP contribution in [0.3, 0.4) is 0 Å². The van der Waals surface area contributed by atoms with Crippen LogP contribution in [0.4, 0.5) is 0 Å². The summed E-state index contributed by atoms with van der Waals surface area (Å²) in [7, 11) is 0. The van der Waals surface area contributed by atoms with E-state index in [0.29, 0.717) is 17.3 Å². The summed E-state index contributed by atoms with van der Waals surface area (Å²) in [5.74, 6) is 0.621. The zero-order valence-electron chi connectivity index (χ0n) is 9.48. The molecule has 3 aromatic heterocycles. The summed E-state index contributed by atoms with van der Waals surface area (Å²) in [6, 6.07) is 1.72. The minimum atomic E-state index is -0.565. The fourth-order valence-electron chi connectivity index (χ4n) is 1.62. The summed E-state index contributed by atoms with van der Waals surface area (Å²) in [5, 5.41) is 8.13. The summed E-state index contributed by atoms with van der Waals surface area (Å²) in [6.07, 6.45) is 4.62. The van der Waals surface area contributed by atoms with Crippen LogP contribution >= 0.6 is 0 Å². The van der Waals surface area contributed by atoms with Gasteiger partial charge in [0.15, 0.2) is 11.5 Å². The van der Waals surface area contributed by atoms with E-state index >= 15 is 0 Å². The SMILES string of the molecule is Cc1ncn(-c2ccn3ncc(C(N)=O)c3n2)n1. The average Bonchev–Trinajstić information content (AvgIpc) is 2.93. The van der Waals surface area contributed by atoms with E-state index in [9.17, 15) is 4.79 Å². The van der Waals surface area contributed by atoms with Crippen molar-refractivity contribution < 1.29 is 4.79 Å². The number of carbonyl (C=O) groups is 1. The molecule has 3 rings (SSSR count). The Labute approximate surface area is 101 Å². The van der Waals surface area contributed by atoms with Gasteiger partial charge in [-0.1, -0.05) is 0 Å². The van der Waals surface area contributed by atoms with Crippen LogP contribution in [0.25, 0.3) is 11.5 Å². The lowest BCUT2D eigenvalue weighted by Crippen LogP contribution is -2.11. The predicted octanol–water partition coefficient (Wildman–Crippen LogP) is -0.283. The number of amides is 1. The second-order valence-corrected chi connectivity index (χ2v) is 3.71. The van der Waals surface area contributed by atoms with Crippen LogP contribution < -0.4 is 5.73 Å². The van der Waals surface area contributed by atoms with Gasteiger partial charge < -0.3 is 5.73 Å². The van der Waals surface area contributed by atoms with E-state index in [-0.39, 0.29) is 5.56 Å². The number of fused-ring (bicyclic) bond motifs is 1. The number of nitrogens with two attached hydrogens (primary N) is 1. The smallest absolute Gasteiger partial charge is 0.254 e. The van der Waals surface area contributed by atoms with Gasteiger partial charge in [-0.2, -0.15) is 10.2 Å². The van der Waals surface area contributed by atoms with Gasteiger partial charge in [-0.15, -0.1) is 0 Å². The lowest BCUT2D eigenvalue weighted by Gasteiger charge is -2.00. The van der Waals surface area contributed by atoms with Crippen LogP contribution in [-0.2, 0) is 0 Å². The normalized spacial score (nSPS) is 10.9. The third-order valence-corrected chi connectivity index (χ3v) is 2.46. The van der Waals surface area contributed by atoms with Crippen LogP contribution in [0, 0.1) is 6.92 Å². The Balaban J connectivity index is 2.20. The molecule has 0 saturated carbocycles. The molecule has 0 saturated heterocycles. The molecule has 0 aliphatic rings. The average molecular weight is 243 g/mol. The number of aryl methyl sites for hydroxylation is 1. The van der Waals surface area contributed by atoms with Gasteiger partial charge in [0, 0.05) is 12.3 Å². The Morgan fingerprint density at radius 2 is 2.28 bits per heavy atom. The van der Waals surface area contributed by atoms with Crippen molar-refractivity contribution in [3.05, 3.63) is 36.2 Å². The molecular formula is C10H9N7O. The molecule has 0 aromatic carbocycles. The van der Waals surface area contributed by atoms with Gasteiger partial charge >= 0.3 is 0 Å². The lowest BCUT2D eigenvalue weighted by atomic mass is 10.3. The fourth-order valence-corrected chi connectivity index (χ4v) is 1.62. The van der Waals surface area contributed by atoms with Crippen LogP contribution in [0.2, 0.25) is 0 Å². The second kappa shape index (κ2) is 3.62. The molecule has 2 N–H and O–H groups in total. The number of carbonyl (C=O) groups excluding carboxylic acids is 1. The van der Waals surface area contributed by atoms with Crippen molar-refractivity contribution in [2.75, 3.05) is 0 Å². The Morgan fingerprint density at radius 1 is 1.44 bits per heavy atom. The molecule has 8 nitrogen and oxygen atoms in total. The van der Waals surface area contributed by atoms with Crippen LogP contribution in [0.1, 0.15) is 16.2 Å². The minimum absolute atomic E-state index is 0.272. The van der Waals surface area contributed by atoms with Crippen molar-refractivity contribution in [3.8, 4) is 5.82 Å². The highest BCUT2D eigenvalue weighted by molar-refractivity contribution is 5.98. The van der Waals surface area contributed by atoms with E-state index in [1.165, 1.54) is 15.4 Å². The molecule has 90 valence electrons. The van der Waals surface area contributed by atoms with Gasteiger partial charge in [-0.05, 0) is 6.92 Å². The molecule has 0 radical (unpaired) electrons. The third-order valence-electron chi connectivity index (χ3n) is 2.46. The van der Waals surface area contributed by atoms with Gasteiger partial charge in [0.2, 0.25) is 0 Å². The van der Waals surface area contributed by atoms with E-state index < -0.39 is 5.91 Å². The molecule has 8 heteroatoms. The first-order valence-corrected chi connectivity index (χ1v) is 5.18. The van der Waals surface area contributed by atoms with E-state index in [1.807, 2.05) is 0 Å². The molecule has 0 unspecified atom stereocenters. The highest BCUT2D eigenvalue weighted by atomic mass is 16.1. The first-order valence-electron chi connectivity index (χ1n) is 5.18. The topological polar surface area (TPSA) is 104 Å². The molecule has 0 aliphatic carbocycles. The van der Waals surface area contributed by atoms with Crippen LogP contribution in [0.5, 0.6) is 0 Å². The Hall–Kier alpha value is -2.77. The van der Waals surface area contributed by atoms with Gasteiger partial charge in [-0.3, -0.25) is 4.79 Å². The summed E-state index contributed by atoms with van der Waals surface area (Å²) in [4.78, 5) is 19.5. The van der Waals surface area contributed by atoms with Gasteiger partial charge in [0.1, 0.15) is 17.7 Å². The van der Waals surface area contributed by atoms with E-state index in [0.717, 1.165) is 0 Å². The molecule has 1 amide bonds. The monoisotopic (exact) mass is 243 g/mol. The first kappa shape index (κ1) is 10.4. The third kappa shape index (κ3) is 1.51. The molecular weight excluding hydrogens is 234 g/mol. The van der Waals surface area contributed by atoms with E-state index in [2.05, 4.69) is 20.2 Å². The lowest BCUT2D eigenvalue weighted by molar-refractivity contribution is 0.100. The molecule has 3 aromatic rings. The molecule has 0 spiro atoms. The van der Waals surface area contributed by atoms with E-state index in [1.54, 1.807) is 25.5 Å². The Bertz CT molecular complexity index is 742. The molecule has 0 aliphatic heterocycles. The maximum atomic E-state index is 11.2. The van der Waals surface area contributed by atoms with Crippen molar-refractivity contribution in [1.29, 1.82) is 0 Å². The molecule has 0 atom stereocenters. The van der Waals surface area contributed by atoms with Crippen LogP contribution in [0.15, 0.2) is 24.8 Å². The summed E-state index contributed by atoms with van der Waals surface area (Å²) in [5.41, 5.74) is 5.92. The minimum Gasteiger partial charge on any atom is -0.365 e. The van der Waals surface area contributed by atoms with Crippen molar-refractivity contribution in [3.63, 3.8) is 0 Å². The highest BCUT2D eigenvalue weighted by Gasteiger charge is 2.12. The summed E-state index contributed by atoms with van der Waals surface area (Å²) < 4.78 is 3.00. The molecule has 3 heterocycles. The summed E-state index contributed by atoms with van der Waals surface area (Å²) in [6.45, 7) is 1.78. The predicted molar refractivity (Wildman–Crippen MR) is 61.2 cm³/mol. The number of primary amides is 1. The van der Waals surface area contributed by atoms with Crippen molar-refractivity contribution in [2.45, 2.75) is 6.92 Å². The maximum Gasteiger partial charge on any atom is 0.254 e. The number of hydrogen-bond acceptors (Lipinski definition) is 5. The van der Waals surface area contributed by atoms with Gasteiger partial charge in [-0.25, -0.2) is 19.2 Å². The maximum absolute atomic E-state index is 11.2. The number of hydrogen-bond donors (Lipinski definition) is 1. The van der Waals surface area contributed by atoms with Crippen molar-refractivity contribution in [2.24, 2.45) is 5.73 Å². The Kier molecular flexibility index (Phi) is 2.09. The molecule has 0 bridgehead atoms. The largest absolute Gasteiger partial charge is 0.365 e. The Morgan fingerprint density at radius 3 is 2.94 bits per heavy atom. The molecule has 18 heavy (non-hydrogen) atoms. The standard InChI is InChI=1S/C10H9N7O/c1-6-12-5-17(15-6)8-2-3-16-10(14-8)7(4-13-16)9(11)18/h2-5H,1H3,(H2,11,18). The first-order chi connectivity index (χ1) is 8.65. The quantitative estimate of drug-likeness (QED) is 0.666. The molecule has 0 fully saturated rings. The van der Waals surface area contributed by atoms with Gasteiger partial charge in [0.25, 0.3) is 5.91 Å². The zero-order chi connectivity index (χ0) is 12.7. The number of nitrogens with zero attached hydrogens (tertiary/aromatic N) is 6. The highest BCUT2D eigenvalue weighted by Crippen LogP contribution is 2.10.